The number of nitrogens with one attached hydrogen (secondary N) is 1. The number of hydrogen-bond acceptors (Lipinski definition) is 4. The van der Waals surface area contributed by atoms with Gasteiger partial charge in [0.2, 0.25) is 0 Å². The maximum absolute atomic E-state index is 13.6. The molecule has 0 atom stereocenters. The minimum atomic E-state index is -0.514. The van der Waals surface area contributed by atoms with E-state index in [0.29, 0.717) is 28.7 Å². The van der Waals surface area contributed by atoms with Crippen LogP contribution in [0.5, 0.6) is 0 Å². The van der Waals surface area contributed by atoms with E-state index >= 15 is 0 Å². The summed E-state index contributed by atoms with van der Waals surface area (Å²) in [7, 11) is 0. The van der Waals surface area contributed by atoms with Crippen LogP contribution in [0.2, 0.25) is 10.0 Å². The minimum Gasteiger partial charge on any atom is -0.311 e. The third kappa shape index (κ3) is 3.67. The first-order valence-corrected chi connectivity index (χ1v) is 7.68. The molecule has 0 unspecified atom stereocenters. The molecule has 2 rings (SSSR count). The van der Waals surface area contributed by atoms with Gasteiger partial charge in [0, 0.05) is 12.1 Å². The number of aromatic nitrogens is 2. The number of benzene rings is 1. The summed E-state index contributed by atoms with van der Waals surface area (Å²) < 4.78 is 17.5. The molecule has 0 saturated heterocycles. The van der Waals surface area contributed by atoms with E-state index in [4.69, 9.17) is 23.2 Å². The van der Waals surface area contributed by atoms with Gasteiger partial charge in [-0.1, -0.05) is 41.5 Å². The van der Waals surface area contributed by atoms with Crippen molar-refractivity contribution >= 4 is 34.7 Å². The van der Waals surface area contributed by atoms with Crippen LogP contribution in [-0.4, -0.2) is 16.1 Å². The molecule has 2 aromatic rings. The van der Waals surface area contributed by atoms with Gasteiger partial charge >= 0.3 is 0 Å². The topological polar surface area (TPSA) is 37.8 Å². The lowest BCUT2D eigenvalue weighted by Crippen LogP contribution is -2.18. The predicted molar refractivity (Wildman–Crippen MR) is 81.9 cm³/mol. The van der Waals surface area contributed by atoms with E-state index in [-0.39, 0.29) is 5.02 Å². The molecular formula is C13H14Cl2FN3S. The highest BCUT2D eigenvalue weighted by molar-refractivity contribution is 7.06. The molecule has 3 nitrogen and oxygen atoms in total. The van der Waals surface area contributed by atoms with Crippen molar-refractivity contribution in [2.75, 3.05) is 6.54 Å². The van der Waals surface area contributed by atoms with E-state index in [1.54, 1.807) is 0 Å². The summed E-state index contributed by atoms with van der Waals surface area (Å²) in [5, 5.41) is 7.73. The lowest BCUT2D eigenvalue weighted by molar-refractivity contribution is 0.555. The van der Waals surface area contributed by atoms with Gasteiger partial charge in [-0.15, -0.1) is 5.10 Å². The molecule has 0 saturated carbocycles. The Labute approximate surface area is 131 Å². The number of halogens is 3. The Morgan fingerprint density at radius 3 is 2.75 bits per heavy atom. The van der Waals surface area contributed by atoms with Crippen LogP contribution in [0.15, 0.2) is 12.1 Å². The molecule has 0 bridgehead atoms. The Bertz CT molecular complexity index is 601. The van der Waals surface area contributed by atoms with Gasteiger partial charge in [-0.3, -0.25) is 0 Å². The van der Waals surface area contributed by atoms with Crippen molar-refractivity contribution in [3.63, 3.8) is 0 Å². The van der Waals surface area contributed by atoms with Gasteiger partial charge in [0.25, 0.3) is 0 Å². The summed E-state index contributed by atoms with van der Waals surface area (Å²) in [6.07, 6.45) is 0. The largest absolute Gasteiger partial charge is 0.311 e. The highest BCUT2D eigenvalue weighted by Crippen LogP contribution is 2.33. The van der Waals surface area contributed by atoms with Crippen molar-refractivity contribution in [3.8, 4) is 11.3 Å². The standard InChI is InChI=1S/C13H14Cl2FN3S/c1-7(2)5-17-6-12-13(18-19-20-12)8-3-11(16)10(15)4-9(8)14/h3-4,7,17H,5-6H2,1-2H3. The molecule has 1 N–H and O–H groups in total. The summed E-state index contributed by atoms with van der Waals surface area (Å²) in [5.41, 5.74) is 1.12. The van der Waals surface area contributed by atoms with E-state index in [2.05, 4.69) is 28.8 Å². The van der Waals surface area contributed by atoms with E-state index in [0.717, 1.165) is 11.4 Å². The average Bonchev–Trinajstić information content (AvgIpc) is 2.81. The lowest BCUT2D eigenvalue weighted by atomic mass is 10.1. The Hall–Kier alpha value is -0.750. The van der Waals surface area contributed by atoms with Crippen molar-refractivity contribution in [1.82, 2.24) is 14.9 Å². The molecule has 0 radical (unpaired) electrons. The fourth-order valence-electron chi connectivity index (χ4n) is 1.71. The Kier molecular flexibility index (Phi) is 5.32. The van der Waals surface area contributed by atoms with Crippen molar-refractivity contribution in [3.05, 3.63) is 32.9 Å². The number of rotatable bonds is 5. The normalized spacial score (nSPS) is 11.3. The quantitative estimate of drug-likeness (QED) is 0.824. The lowest BCUT2D eigenvalue weighted by Gasteiger charge is -2.08. The first-order chi connectivity index (χ1) is 9.49. The molecule has 0 aliphatic rings. The van der Waals surface area contributed by atoms with Crippen molar-refractivity contribution < 1.29 is 4.39 Å². The third-order valence-electron chi connectivity index (χ3n) is 2.66. The van der Waals surface area contributed by atoms with E-state index in [1.165, 1.54) is 23.7 Å². The van der Waals surface area contributed by atoms with Gasteiger partial charge in [0.1, 0.15) is 11.5 Å². The molecule has 108 valence electrons. The zero-order chi connectivity index (χ0) is 14.7. The summed E-state index contributed by atoms with van der Waals surface area (Å²) in [4.78, 5) is 0.925. The molecule has 0 spiro atoms. The minimum absolute atomic E-state index is 0.00132. The molecule has 0 fully saturated rings. The number of hydrogen-bond donors (Lipinski definition) is 1. The summed E-state index contributed by atoms with van der Waals surface area (Å²) in [6.45, 7) is 5.78. The second-order valence-corrected chi connectivity index (χ2v) is 6.47. The van der Waals surface area contributed by atoms with Crippen molar-refractivity contribution in [2.24, 2.45) is 5.92 Å². The van der Waals surface area contributed by atoms with Crippen LogP contribution in [0.1, 0.15) is 18.7 Å². The second-order valence-electron chi connectivity index (χ2n) is 4.82. The Morgan fingerprint density at radius 1 is 1.30 bits per heavy atom. The van der Waals surface area contributed by atoms with Crippen molar-refractivity contribution in [2.45, 2.75) is 20.4 Å². The molecule has 1 heterocycles. The Morgan fingerprint density at radius 2 is 2.05 bits per heavy atom. The monoisotopic (exact) mass is 333 g/mol. The molecule has 1 aromatic heterocycles. The number of nitrogens with zero attached hydrogens (tertiary/aromatic N) is 2. The molecule has 0 aliphatic heterocycles. The molecule has 20 heavy (non-hydrogen) atoms. The van der Waals surface area contributed by atoms with Gasteiger partial charge in [-0.2, -0.15) is 0 Å². The van der Waals surface area contributed by atoms with Crippen LogP contribution in [0, 0.1) is 11.7 Å². The van der Waals surface area contributed by atoms with Crippen LogP contribution >= 0.6 is 34.7 Å². The second kappa shape index (κ2) is 6.80. The molecule has 0 amide bonds. The summed E-state index contributed by atoms with van der Waals surface area (Å²) >= 11 is 13.1. The molecule has 0 aliphatic carbocycles. The van der Waals surface area contributed by atoms with Crippen molar-refractivity contribution in [1.29, 1.82) is 0 Å². The highest BCUT2D eigenvalue weighted by atomic mass is 35.5. The highest BCUT2D eigenvalue weighted by Gasteiger charge is 2.16. The van der Waals surface area contributed by atoms with E-state index in [1.807, 2.05) is 0 Å². The first-order valence-electron chi connectivity index (χ1n) is 6.16. The van der Waals surface area contributed by atoms with Gasteiger partial charge in [0.05, 0.1) is 14.9 Å². The third-order valence-corrected chi connectivity index (χ3v) is 3.98. The molecular weight excluding hydrogens is 320 g/mol. The molecule has 1 aromatic carbocycles. The van der Waals surface area contributed by atoms with Crippen LogP contribution in [0.3, 0.4) is 0 Å². The SMILES string of the molecule is CC(C)CNCc1snnc1-c1cc(F)c(Cl)cc1Cl. The predicted octanol–water partition coefficient (Wildman–Crippen LogP) is 4.40. The van der Waals surface area contributed by atoms with E-state index < -0.39 is 5.82 Å². The maximum atomic E-state index is 13.6. The zero-order valence-corrected chi connectivity index (χ0v) is 13.4. The average molecular weight is 334 g/mol. The fraction of sp³-hybridized carbons (Fsp3) is 0.385. The fourth-order valence-corrected chi connectivity index (χ4v) is 2.81. The first kappa shape index (κ1) is 15.6. The van der Waals surface area contributed by atoms with Gasteiger partial charge < -0.3 is 5.32 Å². The zero-order valence-electron chi connectivity index (χ0n) is 11.1. The van der Waals surface area contributed by atoms with Crippen LogP contribution in [-0.2, 0) is 6.54 Å². The molecule has 7 heteroatoms. The van der Waals surface area contributed by atoms with Gasteiger partial charge in [0.15, 0.2) is 0 Å². The summed E-state index contributed by atoms with van der Waals surface area (Å²) in [6, 6.07) is 2.69. The van der Waals surface area contributed by atoms with Gasteiger partial charge in [-0.25, -0.2) is 4.39 Å². The Balaban J connectivity index is 2.25. The van der Waals surface area contributed by atoms with Crippen LogP contribution in [0.4, 0.5) is 4.39 Å². The van der Waals surface area contributed by atoms with Crippen LogP contribution < -0.4 is 5.32 Å². The maximum Gasteiger partial charge on any atom is 0.142 e. The summed E-state index contributed by atoms with van der Waals surface area (Å²) in [5.74, 6) is 0.0380. The van der Waals surface area contributed by atoms with Crippen LogP contribution in [0.25, 0.3) is 11.3 Å². The van der Waals surface area contributed by atoms with E-state index in [9.17, 15) is 4.39 Å². The smallest absolute Gasteiger partial charge is 0.142 e. The van der Waals surface area contributed by atoms with Gasteiger partial charge in [-0.05, 0) is 36.1 Å².